The van der Waals surface area contributed by atoms with Gasteiger partial charge >= 0.3 is 6.01 Å². The number of methoxy groups -OCH3 is 1. The number of aromatic nitrogens is 3. The molecular weight excluding hydrogens is 372 g/mol. The lowest BCUT2D eigenvalue weighted by Gasteiger charge is -2.09. The molecule has 0 fully saturated rings. The molecule has 1 aliphatic heterocycles. The predicted molar refractivity (Wildman–Crippen MR) is 108 cm³/mol. The van der Waals surface area contributed by atoms with E-state index in [4.69, 9.17) is 14.2 Å². The second kappa shape index (κ2) is 8.22. The fourth-order valence-corrected chi connectivity index (χ4v) is 3.03. The number of ether oxygens (including phenoxy) is 3. The molecule has 0 atom stereocenters. The summed E-state index contributed by atoms with van der Waals surface area (Å²) in [5.41, 5.74) is 2.36. The molecule has 0 aliphatic carbocycles. The van der Waals surface area contributed by atoms with Crippen molar-refractivity contribution in [3.8, 4) is 34.6 Å². The number of carbonyl (C=O) groups is 1. The smallest absolute Gasteiger partial charge is 0.336 e. The molecule has 3 aromatic rings. The third kappa shape index (κ3) is 4.01. The Bertz CT molecular complexity index is 1010. The van der Waals surface area contributed by atoms with Crippen molar-refractivity contribution in [2.45, 2.75) is 26.2 Å². The van der Waals surface area contributed by atoms with Gasteiger partial charge in [-0.2, -0.15) is 4.98 Å². The zero-order valence-corrected chi connectivity index (χ0v) is 16.3. The van der Waals surface area contributed by atoms with E-state index < -0.39 is 0 Å². The van der Waals surface area contributed by atoms with Crippen LogP contribution in [0.15, 0.2) is 42.5 Å². The molecule has 2 aromatic carbocycles. The summed E-state index contributed by atoms with van der Waals surface area (Å²) >= 11 is 0. The lowest BCUT2D eigenvalue weighted by molar-refractivity contribution is -0.116. The number of fused-ring (bicyclic) bond motifs is 1. The molecule has 0 spiro atoms. The maximum Gasteiger partial charge on any atom is 0.336 e. The average Bonchev–Trinajstić information content (AvgIpc) is 3.39. The van der Waals surface area contributed by atoms with Gasteiger partial charge in [0.2, 0.25) is 12.7 Å². The Hall–Kier alpha value is -3.55. The third-order valence-electron chi connectivity index (χ3n) is 4.55. The number of rotatable bonds is 7. The molecule has 8 heteroatoms. The highest BCUT2D eigenvalue weighted by molar-refractivity contribution is 5.90. The van der Waals surface area contributed by atoms with Crippen LogP contribution in [0.2, 0.25) is 0 Å². The van der Waals surface area contributed by atoms with E-state index in [0.29, 0.717) is 23.7 Å². The van der Waals surface area contributed by atoms with Crippen LogP contribution in [0.25, 0.3) is 17.1 Å². The van der Waals surface area contributed by atoms with Crippen molar-refractivity contribution >= 4 is 11.6 Å². The van der Waals surface area contributed by atoms with Crippen molar-refractivity contribution in [2.24, 2.45) is 0 Å². The molecule has 0 saturated carbocycles. The second-order valence-electron chi connectivity index (χ2n) is 6.60. The Morgan fingerprint density at radius 3 is 2.72 bits per heavy atom. The SMILES string of the molecule is CCCCC(=O)Nc1ccc(-n2nc(OC)nc2-c2ccc3c(c2)OCO3)cc1. The first-order chi connectivity index (χ1) is 14.2. The minimum Gasteiger partial charge on any atom is -0.466 e. The van der Waals surface area contributed by atoms with E-state index in [1.165, 1.54) is 7.11 Å². The largest absolute Gasteiger partial charge is 0.466 e. The molecule has 1 aromatic heterocycles. The van der Waals surface area contributed by atoms with E-state index in [0.717, 1.165) is 29.8 Å². The number of benzene rings is 2. The van der Waals surface area contributed by atoms with Gasteiger partial charge in [0.25, 0.3) is 0 Å². The van der Waals surface area contributed by atoms with Crippen LogP contribution in [0.5, 0.6) is 17.5 Å². The van der Waals surface area contributed by atoms with Gasteiger partial charge in [0.1, 0.15) is 0 Å². The van der Waals surface area contributed by atoms with Crippen LogP contribution < -0.4 is 19.5 Å². The van der Waals surface area contributed by atoms with E-state index >= 15 is 0 Å². The zero-order chi connectivity index (χ0) is 20.2. The molecule has 1 amide bonds. The number of amides is 1. The van der Waals surface area contributed by atoms with E-state index in [2.05, 4.69) is 22.3 Å². The van der Waals surface area contributed by atoms with Crippen molar-refractivity contribution in [1.29, 1.82) is 0 Å². The molecule has 8 nitrogen and oxygen atoms in total. The maximum atomic E-state index is 11.9. The number of nitrogens with zero attached hydrogens (tertiary/aromatic N) is 3. The van der Waals surface area contributed by atoms with Crippen LogP contribution in [-0.4, -0.2) is 34.6 Å². The normalized spacial score (nSPS) is 12.1. The van der Waals surface area contributed by atoms with Gasteiger partial charge in [0.05, 0.1) is 12.8 Å². The number of nitrogens with one attached hydrogen (secondary N) is 1. The Kier molecular flexibility index (Phi) is 5.33. The lowest BCUT2D eigenvalue weighted by Crippen LogP contribution is -2.11. The quantitative estimate of drug-likeness (QED) is 0.656. The lowest BCUT2D eigenvalue weighted by atomic mass is 10.2. The Morgan fingerprint density at radius 1 is 1.17 bits per heavy atom. The molecule has 29 heavy (non-hydrogen) atoms. The van der Waals surface area contributed by atoms with Gasteiger partial charge in [-0.25, -0.2) is 4.68 Å². The molecule has 0 bridgehead atoms. The van der Waals surface area contributed by atoms with Crippen LogP contribution in [-0.2, 0) is 4.79 Å². The molecular formula is C21H22N4O4. The number of unbranched alkanes of at least 4 members (excludes halogenated alkanes) is 1. The van der Waals surface area contributed by atoms with Crippen molar-refractivity contribution < 1.29 is 19.0 Å². The van der Waals surface area contributed by atoms with Crippen LogP contribution in [0, 0.1) is 0 Å². The Morgan fingerprint density at radius 2 is 1.97 bits per heavy atom. The minimum atomic E-state index is 0.0167. The summed E-state index contributed by atoms with van der Waals surface area (Å²) in [6, 6.07) is 13.3. The van der Waals surface area contributed by atoms with Crippen molar-refractivity contribution in [3.05, 3.63) is 42.5 Å². The fourth-order valence-electron chi connectivity index (χ4n) is 3.03. The monoisotopic (exact) mass is 394 g/mol. The summed E-state index contributed by atoms with van der Waals surface area (Å²) in [7, 11) is 1.53. The fraction of sp³-hybridized carbons (Fsp3) is 0.286. The van der Waals surface area contributed by atoms with Crippen molar-refractivity contribution in [1.82, 2.24) is 14.8 Å². The summed E-state index contributed by atoms with van der Waals surface area (Å²) in [6.07, 6.45) is 2.39. The van der Waals surface area contributed by atoms with Gasteiger partial charge in [0, 0.05) is 17.7 Å². The van der Waals surface area contributed by atoms with E-state index in [9.17, 15) is 4.79 Å². The Balaban J connectivity index is 1.61. The van der Waals surface area contributed by atoms with Gasteiger partial charge < -0.3 is 19.5 Å². The topological polar surface area (TPSA) is 87.5 Å². The summed E-state index contributed by atoms with van der Waals surface area (Å²) in [4.78, 5) is 16.4. The highest BCUT2D eigenvalue weighted by Crippen LogP contribution is 2.36. The minimum absolute atomic E-state index is 0.0167. The van der Waals surface area contributed by atoms with E-state index in [1.807, 2.05) is 42.5 Å². The molecule has 2 heterocycles. The average molecular weight is 394 g/mol. The van der Waals surface area contributed by atoms with Crippen molar-refractivity contribution in [3.63, 3.8) is 0 Å². The molecule has 150 valence electrons. The Labute approximate surface area is 168 Å². The van der Waals surface area contributed by atoms with Crippen LogP contribution >= 0.6 is 0 Å². The van der Waals surface area contributed by atoms with Crippen LogP contribution in [0.1, 0.15) is 26.2 Å². The van der Waals surface area contributed by atoms with Gasteiger partial charge in [-0.1, -0.05) is 13.3 Å². The second-order valence-corrected chi connectivity index (χ2v) is 6.60. The summed E-state index contributed by atoms with van der Waals surface area (Å²) in [6.45, 7) is 2.27. The number of hydrogen-bond donors (Lipinski definition) is 1. The molecule has 0 saturated heterocycles. The standard InChI is InChI=1S/C21H22N4O4/c1-3-4-5-19(26)22-15-7-9-16(10-8-15)25-20(23-21(24-25)27-2)14-6-11-17-18(12-14)29-13-28-17/h6-12H,3-5,13H2,1-2H3,(H,22,26). The third-order valence-corrected chi connectivity index (χ3v) is 4.55. The molecule has 4 rings (SSSR count). The van der Waals surface area contributed by atoms with E-state index in [1.54, 1.807) is 4.68 Å². The molecule has 0 radical (unpaired) electrons. The van der Waals surface area contributed by atoms with Gasteiger partial charge in [-0.3, -0.25) is 4.79 Å². The highest BCUT2D eigenvalue weighted by Gasteiger charge is 2.19. The van der Waals surface area contributed by atoms with Crippen LogP contribution in [0.4, 0.5) is 5.69 Å². The summed E-state index contributed by atoms with van der Waals surface area (Å²) in [5, 5.41) is 7.33. The van der Waals surface area contributed by atoms with Gasteiger partial charge in [0.15, 0.2) is 17.3 Å². The maximum absolute atomic E-state index is 11.9. The predicted octanol–water partition coefficient (Wildman–Crippen LogP) is 3.80. The zero-order valence-electron chi connectivity index (χ0n) is 16.3. The van der Waals surface area contributed by atoms with E-state index in [-0.39, 0.29) is 18.7 Å². The van der Waals surface area contributed by atoms with Gasteiger partial charge in [-0.05, 0) is 48.9 Å². The number of anilines is 1. The first-order valence-corrected chi connectivity index (χ1v) is 9.49. The van der Waals surface area contributed by atoms with Crippen molar-refractivity contribution in [2.75, 3.05) is 19.2 Å². The summed E-state index contributed by atoms with van der Waals surface area (Å²) < 4.78 is 17.8. The molecule has 0 unspecified atom stereocenters. The molecule has 1 N–H and O–H groups in total. The van der Waals surface area contributed by atoms with Gasteiger partial charge in [-0.15, -0.1) is 5.10 Å². The first-order valence-electron chi connectivity index (χ1n) is 9.49. The summed E-state index contributed by atoms with van der Waals surface area (Å²) in [5.74, 6) is 2.00. The molecule has 1 aliphatic rings. The number of carbonyl (C=O) groups excluding carboxylic acids is 1. The van der Waals surface area contributed by atoms with Crippen LogP contribution in [0.3, 0.4) is 0 Å². The highest BCUT2D eigenvalue weighted by atomic mass is 16.7. The number of hydrogen-bond acceptors (Lipinski definition) is 6. The first kappa shape index (κ1) is 18.8.